The lowest BCUT2D eigenvalue weighted by Crippen LogP contribution is -2.49. The fraction of sp³-hybridized carbons (Fsp3) is 0.700. The van der Waals surface area contributed by atoms with Crippen LogP contribution in [0, 0.1) is 6.92 Å². The van der Waals surface area contributed by atoms with E-state index in [4.69, 9.17) is 9.15 Å². The maximum Gasteiger partial charge on any atom is 0.287 e. The molecule has 1 aliphatic heterocycles. The molecule has 0 spiro atoms. The highest BCUT2D eigenvalue weighted by Gasteiger charge is 2.19. The number of nitrogens with zero attached hydrogens (tertiary/aromatic N) is 2. The number of carbonyl (C=O) groups is 1. The summed E-state index contributed by atoms with van der Waals surface area (Å²) in [5.74, 6) is 1.07. The van der Waals surface area contributed by atoms with Gasteiger partial charge in [-0.15, -0.1) is 0 Å². The Morgan fingerprint density at radius 1 is 1.36 bits per heavy atom. The molecule has 0 bridgehead atoms. The van der Waals surface area contributed by atoms with Gasteiger partial charge < -0.3 is 30.0 Å². The van der Waals surface area contributed by atoms with Crippen LogP contribution in [0.3, 0.4) is 0 Å². The smallest absolute Gasteiger partial charge is 0.287 e. The van der Waals surface area contributed by atoms with E-state index in [9.17, 15) is 4.79 Å². The van der Waals surface area contributed by atoms with Crippen LogP contribution in [0.2, 0.25) is 0 Å². The van der Waals surface area contributed by atoms with Crippen molar-refractivity contribution in [3.63, 3.8) is 0 Å². The number of aliphatic imine (C=N–C) groups is 1. The first kappa shape index (κ1) is 22.2. The number of rotatable bonds is 10. The highest BCUT2D eigenvalue weighted by atomic mass is 16.5. The minimum atomic E-state index is -0.170. The topological polar surface area (TPSA) is 91.1 Å². The number of piperidine rings is 1. The van der Waals surface area contributed by atoms with E-state index in [0.29, 0.717) is 24.9 Å². The summed E-state index contributed by atoms with van der Waals surface area (Å²) in [5.41, 5.74) is 0.849. The van der Waals surface area contributed by atoms with Gasteiger partial charge in [0.05, 0.1) is 12.9 Å². The summed E-state index contributed by atoms with van der Waals surface area (Å²) in [7, 11) is 1.75. The fourth-order valence-electron chi connectivity index (χ4n) is 3.19. The lowest BCUT2D eigenvalue weighted by Gasteiger charge is -2.32. The first-order valence-electron chi connectivity index (χ1n) is 10.2. The van der Waals surface area contributed by atoms with Gasteiger partial charge in [-0.1, -0.05) is 0 Å². The maximum atomic E-state index is 12.0. The number of ether oxygens (including phenoxy) is 1. The van der Waals surface area contributed by atoms with Crippen LogP contribution >= 0.6 is 0 Å². The van der Waals surface area contributed by atoms with Crippen molar-refractivity contribution in [2.75, 3.05) is 53.0 Å². The van der Waals surface area contributed by atoms with Crippen LogP contribution in [-0.4, -0.2) is 75.8 Å². The van der Waals surface area contributed by atoms with E-state index in [1.54, 1.807) is 13.2 Å². The molecule has 1 saturated heterocycles. The molecule has 0 radical (unpaired) electrons. The van der Waals surface area contributed by atoms with Crippen LogP contribution in [-0.2, 0) is 4.74 Å². The first-order chi connectivity index (χ1) is 13.6. The van der Waals surface area contributed by atoms with E-state index >= 15 is 0 Å². The Balaban J connectivity index is 1.67. The maximum absolute atomic E-state index is 12.0. The van der Waals surface area contributed by atoms with Gasteiger partial charge in [0.25, 0.3) is 5.91 Å². The molecule has 8 heteroatoms. The van der Waals surface area contributed by atoms with E-state index in [2.05, 4.69) is 32.8 Å². The van der Waals surface area contributed by atoms with Crippen molar-refractivity contribution in [3.8, 4) is 0 Å². The highest BCUT2D eigenvalue weighted by Crippen LogP contribution is 2.10. The van der Waals surface area contributed by atoms with Gasteiger partial charge in [0, 0.05) is 58.0 Å². The molecule has 2 heterocycles. The number of hydrogen-bond acceptors (Lipinski definition) is 5. The van der Waals surface area contributed by atoms with E-state index in [1.807, 2.05) is 6.92 Å². The highest BCUT2D eigenvalue weighted by molar-refractivity contribution is 5.92. The zero-order chi connectivity index (χ0) is 20.2. The predicted molar refractivity (Wildman–Crippen MR) is 111 cm³/mol. The number of hydrogen-bond donors (Lipinski definition) is 3. The number of amides is 1. The van der Waals surface area contributed by atoms with Crippen molar-refractivity contribution in [1.29, 1.82) is 0 Å². The fourth-order valence-corrected chi connectivity index (χ4v) is 3.19. The van der Waals surface area contributed by atoms with Crippen molar-refractivity contribution < 1.29 is 13.9 Å². The molecule has 1 aliphatic rings. The van der Waals surface area contributed by atoms with Crippen LogP contribution in [0.25, 0.3) is 0 Å². The van der Waals surface area contributed by atoms with Crippen molar-refractivity contribution >= 4 is 11.9 Å². The van der Waals surface area contributed by atoms with Gasteiger partial charge in [0.15, 0.2) is 11.7 Å². The number of methoxy groups -OCH3 is 1. The third-order valence-corrected chi connectivity index (χ3v) is 4.84. The zero-order valence-corrected chi connectivity index (χ0v) is 17.4. The first-order valence-corrected chi connectivity index (χ1v) is 10.2. The summed E-state index contributed by atoms with van der Waals surface area (Å²) in [6, 6.07) is 2.23. The van der Waals surface area contributed by atoms with Crippen molar-refractivity contribution in [1.82, 2.24) is 20.9 Å². The largest absolute Gasteiger partial charge is 0.459 e. The lowest BCUT2D eigenvalue weighted by atomic mass is 10.1. The van der Waals surface area contributed by atoms with Crippen molar-refractivity contribution in [3.05, 3.63) is 23.7 Å². The molecule has 0 aliphatic carbocycles. The molecular formula is C20H35N5O3. The molecule has 1 aromatic heterocycles. The van der Waals surface area contributed by atoms with Crippen molar-refractivity contribution in [2.24, 2.45) is 4.99 Å². The van der Waals surface area contributed by atoms with Gasteiger partial charge in [-0.05, 0) is 39.2 Å². The van der Waals surface area contributed by atoms with E-state index < -0.39 is 0 Å². The van der Waals surface area contributed by atoms with Gasteiger partial charge in [-0.25, -0.2) is 0 Å². The Morgan fingerprint density at radius 3 is 2.79 bits per heavy atom. The molecule has 1 aromatic rings. The van der Waals surface area contributed by atoms with Gasteiger partial charge in [0.2, 0.25) is 0 Å². The molecule has 28 heavy (non-hydrogen) atoms. The Labute approximate surface area is 168 Å². The molecule has 1 amide bonds. The van der Waals surface area contributed by atoms with Gasteiger partial charge >= 0.3 is 0 Å². The van der Waals surface area contributed by atoms with Crippen LogP contribution < -0.4 is 16.0 Å². The zero-order valence-electron chi connectivity index (χ0n) is 17.4. The van der Waals surface area contributed by atoms with E-state index in [1.165, 1.54) is 6.26 Å². The number of nitrogens with one attached hydrogen (secondary N) is 3. The Hall–Kier alpha value is -2.06. The number of aryl methyl sites for hydroxylation is 1. The normalized spacial score (nSPS) is 16.2. The molecule has 3 N–H and O–H groups in total. The van der Waals surface area contributed by atoms with Gasteiger partial charge in [-0.2, -0.15) is 0 Å². The third-order valence-electron chi connectivity index (χ3n) is 4.84. The van der Waals surface area contributed by atoms with Gasteiger partial charge in [-0.3, -0.25) is 9.79 Å². The Morgan fingerprint density at radius 2 is 2.14 bits per heavy atom. The number of furan rings is 1. The third kappa shape index (κ3) is 7.52. The van der Waals surface area contributed by atoms with Crippen LogP contribution in [0.1, 0.15) is 42.3 Å². The predicted octanol–water partition coefficient (Wildman–Crippen LogP) is 1.37. The summed E-state index contributed by atoms with van der Waals surface area (Å²) in [6.07, 6.45) is 4.52. The number of likely N-dealkylation sites (tertiary alicyclic amines) is 1. The Bertz CT molecular complexity index is 609. The molecule has 8 nitrogen and oxygen atoms in total. The number of carbonyl (C=O) groups excluding carboxylic acids is 1. The standard InChI is InChI=1S/C20H35N5O3/c1-4-21-20(24-17-6-11-25(12-7-17)13-15-27-3)23-10-5-9-22-19(26)18-16(2)8-14-28-18/h8,14,17H,4-7,9-13,15H2,1-3H3,(H,22,26)(H2,21,23,24). The summed E-state index contributed by atoms with van der Waals surface area (Å²) in [5, 5.41) is 9.73. The molecule has 0 aromatic carbocycles. The molecule has 1 fully saturated rings. The summed E-state index contributed by atoms with van der Waals surface area (Å²) < 4.78 is 10.4. The molecule has 158 valence electrons. The SMILES string of the molecule is CCNC(=NCCCNC(=O)c1occc1C)NC1CCN(CCOC)CC1. The van der Waals surface area contributed by atoms with Crippen LogP contribution in [0.4, 0.5) is 0 Å². The average Bonchev–Trinajstić information content (AvgIpc) is 3.13. The monoisotopic (exact) mass is 393 g/mol. The second-order valence-corrected chi connectivity index (χ2v) is 7.06. The molecular weight excluding hydrogens is 358 g/mol. The lowest BCUT2D eigenvalue weighted by molar-refractivity contribution is 0.0925. The van der Waals surface area contributed by atoms with Gasteiger partial charge in [0.1, 0.15) is 0 Å². The second kappa shape index (κ2) is 12.4. The summed E-state index contributed by atoms with van der Waals surface area (Å²) >= 11 is 0. The van der Waals surface area contributed by atoms with Crippen molar-refractivity contribution in [2.45, 2.75) is 39.2 Å². The molecule has 0 saturated carbocycles. The van der Waals surface area contributed by atoms with Crippen LogP contribution in [0.15, 0.2) is 21.7 Å². The summed E-state index contributed by atoms with van der Waals surface area (Å²) in [6.45, 7) is 9.93. The Kier molecular flexibility index (Phi) is 9.85. The second-order valence-electron chi connectivity index (χ2n) is 7.06. The summed E-state index contributed by atoms with van der Waals surface area (Å²) in [4.78, 5) is 19.1. The molecule has 0 unspecified atom stereocenters. The average molecular weight is 394 g/mol. The molecule has 2 rings (SSSR count). The molecule has 0 atom stereocenters. The number of guanidine groups is 1. The van der Waals surface area contributed by atoms with E-state index in [0.717, 1.165) is 63.6 Å². The van der Waals surface area contributed by atoms with E-state index in [-0.39, 0.29) is 5.91 Å². The quantitative estimate of drug-likeness (QED) is 0.316. The minimum Gasteiger partial charge on any atom is -0.459 e. The minimum absolute atomic E-state index is 0.170. The van der Waals surface area contributed by atoms with Crippen LogP contribution in [0.5, 0.6) is 0 Å².